The lowest BCUT2D eigenvalue weighted by atomic mass is 10.3. The minimum Gasteiger partial charge on any atom is -0.497 e. The summed E-state index contributed by atoms with van der Waals surface area (Å²) < 4.78 is 10.9. The highest BCUT2D eigenvalue weighted by molar-refractivity contribution is 7.99. The number of anilines is 3. The van der Waals surface area contributed by atoms with E-state index in [9.17, 15) is 0 Å². The summed E-state index contributed by atoms with van der Waals surface area (Å²) >= 11 is 1.69. The molecule has 0 saturated carbocycles. The Kier molecular flexibility index (Phi) is 6.91. The van der Waals surface area contributed by atoms with Crippen LogP contribution in [0.2, 0.25) is 0 Å². The molecule has 0 aliphatic rings. The highest BCUT2D eigenvalue weighted by atomic mass is 32.2. The second-order valence-corrected chi connectivity index (χ2v) is 7.35. The van der Waals surface area contributed by atoms with Gasteiger partial charge in [0, 0.05) is 11.4 Å². The molecule has 1 heterocycles. The molecule has 0 aliphatic carbocycles. The lowest BCUT2D eigenvalue weighted by molar-refractivity contribution is 0.342. The fourth-order valence-corrected chi connectivity index (χ4v) is 3.22. The molecule has 3 aromatic rings. The van der Waals surface area contributed by atoms with Crippen LogP contribution < -0.4 is 20.5 Å². The molecular formula is C20H23N5O2S. The van der Waals surface area contributed by atoms with Crippen LogP contribution in [0.5, 0.6) is 11.5 Å². The Labute approximate surface area is 168 Å². The van der Waals surface area contributed by atoms with E-state index in [0.717, 1.165) is 22.9 Å². The first-order valence-corrected chi connectivity index (χ1v) is 9.91. The first-order chi connectivity index (χ1) is 13.6. The van der Waals surface area contributed by atoms with Gasteiger partial charge in [0.25, 0.3) is 0 Å². The highest BCUT2D eigenvalue weighted by Gasteiger charge is 2.13. The van der Waals surface area contributed by atoms with Crippen LogP contribution in [0, 0.1) is 0 Å². The number of nitrogens with one attached hydrogen (secondary N) is 1. The molecule has 7 nitrogen and oxygen atoms in total. The number of ether oxygens (including phenoxy) is 2. The number of nitrogens with zero attached hydrogens (tertiary/aromatic N) is 3. The van der Waals surface area contributed by atoms with Crippen molar-refractivity contribution in [1.29, 1.82) is 0 Å². The van der Waals surface area contributed by atoms with E-state index in [2.05, 4.69) is 20.3 Å². The first-order valence-electron chi connectivity index (χ1n) is 8.86. The topological polar surface area (TPSA) is 95.2 Å². The van der Waals surface area contributed by atoms with Gasteiger partial charge in [0.1, 0.15) is 17.3 Å². The molecule has 1 aromatic heterocycles. The number of para-hydroxylation sites is 1. The van der Waals surface area contributed by atoms with Gasteiger partial charge in [-0.3, -0.25) is 0 Å². The Hall–Kier alpha value is -3.00. The van der Waals surface area contributed by atoms with Crippen LogP contribution in [0.3, 0.4) is 0 Å². The van der Waals surface area contributed by atoms with Crippen molar-refractivity contribution in [1.82, 2.24) is 15.0 Å². The SMILES string of the molecule is COc1ccc(OCCS[C@H](C)c2nc(N)nc(Nc3ccccc3)n2)cc1. The van der Waals surface area contributed by atoms with E-state index in [1.807, 2.05) is 61.5 Å². The summed E-state index contributed by atoms with van der Waals surface area (Å²) in [6.45, 7) is 2.62. The van der Waals surface area contributed by atoms with Crippen molar-refractivity contribution in [3.63, 3.8) is 0 Å². The van der Waals surface area contributed by atoms with Crippen molar-refractivity contribution in [3.8, 4) is 11.5 Å². The molecular weight excluding hydrogens is 374 g/mol. The van der Waals surface area contributed by atoms with Gasteiger partial charge < -0.3 is 20.5 Å². The molecule has 0 radical (unpaired) electrons. The third-order valence-electron chi connectivity index (χ3n) is 3.84. The molecule has 0 saturated heterocycles. The molecule has 28 heavy (non-hydrogen) atoms. The molecule has 3 rings (SSSR count). The van der Waals surface area contributed by atoms with Gasteiger partial charge in [-0.15, -0.1) is 11.8 Å². The zero-order valence-electron chi connectivity index (χ0n) is 15.8. The third-order valence-corrected chi connectivity index (χ3v) is 4.96. The molecule has 0 aliphatic heterocycles. The second kappa shape index (κ2) is 9.80. The van der Waals surface area contributed by atoms with Crippen LogP contribution in [0.4, 0.5) is 17.6 Å². The number of rotatable bonds is 9. The Morgan fingerprint density at radius 3 is 2.43 bits per heavy atom. The van der Waals surface area contributed by atoms with Crippen LogP contribution >= 0.6 is 11.8 Å². The lowest BCUT2D eigenvalue weighted by Crippen LogP contribution is -2.09. The molecule has 146 valence electrons. The summed E-state index contributed by atoms with van der Waals surface area (Å²) in [5.74, 6) is 3.69. The average molecular weight is 398 g/mol. The quantitative estimate of drug-likeness (QED) is 0.522. The average Bonchev–Trinajstić information content (AvgIpc) is 2.72. The number of thioether (sulfide) groups is 1. The van der Waals surface area contributed by atoms with Crippen molar-refractivity contribution >= 4 is 29.3 Å². The van der Waals surface area contributed by atoms with Gasteiger partial charge in [-0.1, -0.05) is 18.2 Å². The van der Waals surface area contributed by atoms with Crippen LogP contribution in [0.15, 0.2) is 54.6 Å². The number of methoxy groups -OCH3 is 1. The van der Waals surface area contributed by atoms with Gasteiger partial charge >= 0.3 is 0 Å². The predicted octanol–water partition coefficient (Wildman–Crippen LogP) is 4.08. The summed E-state index contributed by atoms with van der Waals surface area (Å²) in [5.41, 5.74) is 6.75. The van der Waals surface area contributed by atoms with E-state index < -0.39 is 0 Å². The molecule has 2 aromatic carbocycles. The van der Waals surface area contributed by atoms with Crippen LogP contribution in [-0.4, -0.2) is 34.4 Å². The molecule has 8 heteroatoms. The number of aromatic nitrogens is 3. The first kappa shape index (κ1) is 19.8. The number of hydrogen-bond donors (Lipinski definition) is 2. The van der Waals surface area contributed by atoms with Crippen molar-refractivity contribution in [2.75, 3.05) is 30.5 Å². The van der Waals surface area contributed by atoms with E-state index in [4.69, 9.17) is 15.2 Å². The summed E-state index contributed by atoms with van der Waals surface area (Å²) in [6.07, 6.45) is 0. The number of benzene rings is 2. The van der Waals surface area contributed by atoms with Gasteiger partial charge in [-0.05, 0) is 43.3 Å². The molecule has 0 bridgehead atoms. The van der Waals surface area contributed by atoms with Crippen molar-refractivity contribution in [3.05, 3.63) is 60.4 Å². The summed E-state index contributed by atoms with van der Waals surface area (Å²) in [5, 5.41) is 3.21. The number of hydrogen-bond acceptors (Lipinski definition) is 8. The standard InChI is InChI=1S/C20H23N5O2S/c1-14(28-13-12-27-17-10-8-16(26-2)9-11-17)18-23-19(21)25-20(24-18)22-15-6-4-3-5-7-15/h3-11,14H,12-13H2,1-2H3,(H3,21,22,23,24,25)/t14-/m1/s1. The maximum Gasteiger partial charge on any atom is 0.232 e. The minimum atomic E-state index is 0.0566. The van der Waals surface area contributed by atoms with Gasteiger partial charge in [0.2, 0.25) is 11.9 Å². The summed E-state index contributed by atoms with van der Waals surface area (Å²) in [4.78, 5) is 12.9. The number of nitrogens with two attached hydrogens (primary N) is 1. The minimum absolute atomic E-state index is 0.0566. The van der Waals surface area contributed by atoms with E-state index in [0.29, 0.717) is 18.4 Å². The Bertz CT molecular complexity index is 878. The molecule has 0 fully saturated rings. The molecule has 0 amide bonds. The van der Waals surface area contributed by atoms with Gasteiger partial charge in [0.05, 0.1) is 19.0 Å². The molecule has 0 unspecified atom stereocenters. The van der Waals surface area contributed by atoms with Crippen LogP contribution in [-0.2, 0) is 0 Å². The van der Waals surface area contributed by atoms with E-state index in [1.54, 1.807) is 18.9 Å². The maximum absolute atomic E-state index is 5.86. The van der Waals surface area contributed by atoms with E-state index >= 15 is 0 Å². The second-order valence-electron chi connectivity index (χ2n) is 5.90. The van der Waals surface area contributed by atoms with Gasteiger partial charge in [0.15, 0.2) is 0 Å². The van der Waals surface area contributed by atoms with Crippen LogP contribution in [0.1, 0.15) is 18.0 Å². The largest absolute Gasteiger partial charge is 0.497 e. The zero-order valence-corrected chi connectivity index (χ0v) is 16.6. The van der Waals surface area contributed by atoms with Crippen LogP contribution in [0.25, 0.3) is 0 Å². The van der Waals surface area contributed by atoms with Gasteiger partial charge in [-0.25, -0.2) is 0 Å². The summed E-state index contributed by atoms with van der Waals surface area (Å²) in [7, 11) is 1.64. The summed E-state index contributed by atoms with van der Waals surface area (Å²) in [6, 6.07) is 17.2. The fourth-order valence-electron chi connectivity index (χ4n) is 2.43. The fraction of sp³-hybridized carbons (Fsp3) is 0.250. The maximum atomic E-state index is 5.86. The lowest BCUT2D eigenvalue weighted by Gasteiger charge is -2.13. The van der Waals surface area contributed by atoms with Crippen molar-refractivity contribution in [2.45, 2.75) is 12.2 Å². The smallest absolute Gasteiger partial charge is 0.232 e. The number of nitrogen functional groups attached to an aromatic ring is 1. The van der Waals surface area contributed by atoms with Crippen molar-refractivity contribution in [2.24, 2.45) is 0 Å². The van der Waals surface area contributed by atoms with Gasteiger partial charge in [-0.2, -0.15) is 15.0 Å². The zero-order chi connectivity index (χ0) is 19.8. The van der Waals surface area contributed by atoms with Crippen molar-refractivity contribution < 1.29 is 9.47 Å². The Morgan fingerprint density at radius 1 is 1.00 bits per heavy atom. The molecule has 0 spiro atoms. The Balaban J connectivity index is 1.52. The molecule has 3 N–H and O–H groups in total. The molecule has 1 atom stereocenters. The monoisotopic (exact) mass is 397 g/mol. The third kappa shape index (κ3) is 5.75. The Morgan fingerprint density at radius 2 is 1.71 bits per heavy atom. The van der Waals surface area contributed by atoms with E-state index in [1.165, 1.54) is 0 Å². The predicted molar refractivity (Wildman–Crippen MR) is 113 cm³/mol. The highest BCUT2D eigenvalue weighted by Crippen LogP contribution is 2.27. The normalized spacial score (nSPS) is 11.6. The van der Waals surface area contributed by atoms with E-state index in [-0.39, 0.29) is 11.2 Å².